The first-order valence-corrected chi connectivity index (χ1v) is 10.8. The quantitative estimate of drug-likeness (QED) is 0.333. The average molecular weight is 432 g/mol. The van der Waals surface area contributed by atoms with Crippen LogP contribution in [0.2, 0.25) is 0 Å². The number of fused-ring (bicyclic) bond motifs is 2. The third-order valence-electron chi connectivity index (χ3n) is 4.73. The molecule has 0 radical (unpaired) electrons. The van der Waals surface area contributed by atoms with Gasteiger partial charge in [-0.3, -0.25) is 14.3 Å². The van der Waals surface area contributed by atoms with Crippen molar-refractivity contribution >= 4 is 44.8 Å². The van der Waals surface area contributed by atoms with Crippen LogP contribution in [0.3, 0.4) is 0 Å². The van der Waals surface area contributed by atoms with Crippen LogP contribution in [-0.2, 0) is 0 Å². The Morgan fingerprint density at radius 1 is 1.26 bits per heavy atom. The zero-order chi connectivity index (χ0) is 21.8. The van der Waals surface area contributed by atoms with Crippen molar-refractivity contribution in [2.24, 2.45) is 0 Å². The molecule has 1 aromatic carbocycles. The van der Waals surface area contributed by atoms with Gasteiger partial charge in [0.1, 0.15) is 11.5 Å². The Kier molecular flexibility index (Phi) is 6.01. The van der Waals surface area contributed by atoms with Crippen LogP contribution in [0.25, 0.3) is 21.1 Å². The van der Waals surface area contributed by atoms with E-state index in [1.807, 2.05) is 31.2 Å². The first kappa shape index (κ1) is 20.6. The van der Waals surface area contributed by atoms with E-state index in [1.54, 1.807) is 22.9 Å². The number of nitrogens with zero attached hydrogens (tertiary/aromatic N) is 2. The minimum absolute atomic E-state index is 0.206. The first-order chi connectivity index (χ1) is 15.1. The normalized spacial score (nSPS) is 10.6. The molecule has 4 aromatic rings. The van der Waals surface area contributed by atoms with Gasteiger partial charge in [0.05, 0.1) is 27.2 Å². The van der Waals surface area contributed by atoms with E-state index in [0.29, 0.717) is 22.9 Å². The van der Waals surface area contributed by atoms with E-state index >= 15 is 0 Å². The Bertz CT molecular complexity index is 1340. The summed E-state index contributed by atoms with van der Waals surface area (Å²) < 4.78 is 8.56. The van der Waals surface area contributed by atoms with Gasteiger partial charge in [0.15, 0.2) is 6.29 Å². The smallest absolute Gasteiger partial charge is 0.327 e. The van der Waals surface area contributed by atoms with Crippen LogP contribution in [0, 0.1) is 18.8 Å². The van der Waals surface area contributed by atoms with Crippen molar-refractivity contribution in [2.75, 3.05) is 6.54 Å². The minimum Gasteiger partial charge on any atom is -0.456 e. The van der Waals surface area contributed by atoms with Crippen molar-refractivity contribution in [3.63, 3.8) is 0 Å². The molecule has 6 nitrogen and oxygen atoms in total. The van der Waals surface area contributed by atoms with Gasteiger partial charge in [-0.15, -0.1) is 17.3 Å². The van der Waals surface area contributed by atoms with E-state index in [4.69, 9.17) is 4.74 Å². The molecule has 0 bridgehead atoms. The molecular weight excluding hydrogens is 410 g/mol. The van der Waals surface area contributed by atoms with E-state index in [2.05, 4.69) is 29.1 Å². The van der Waals surface area contributed by atoms with Crippen molar-refractivity contribution in [1.82, 2.24) is 14.9 Å². The van der Waals surface area contributed by atoms with Gasteiger partial charge in [0.2, 0.25) is 0 Å². The zero-order valence-corrected chi connectivity index (χ0v) is 18.1. The second kappa shape index (κ2) is 9.02. The number of rotatable bonds is 5. The number of carbonyl (C=O) groups excluding carboxylic acids is 2. The summed E-state index contributed by atoms with van der Waals surface area (Å²) in [6.45, 7) is 4.28. The third-order valence-corrected chi connectivity index (χ3v) is 5.79. The molecule has 7 heteroatoms. The van der Waals surface area contributed by atoms with Crippen molar-refractivity contribution in [3.8, 4) is 23.3 Å². The molecule has 1 N–H and O–H groups in total. The number of aryl methyl sites for hydroxylation is 1. The minimum atomic E-state index is -0.206. The van der Waals surface area contributed by atoms with Gasteiger partial charge in [0, 0.05) is 29.8 Å². The van der Waals surface area contributed by atoms with E-state index in [1.165, 1.54) is 11.3 Å². The van der Waals surface area contributed by atoms with Crippen molar-refractivity contribution < 1.29 is 14.3 Å². The lowest BCUT2D eigenvalue weighted by Crippen LogP contribution is -2.29. The largest absolute Gasteiger partial charge is 0.456 e. The lowest BCUT2D eigenvalue weighted by atomic mass is 10.2. The number of ether oxygens (including phenoxy) is 1. The van der Waals surface area contributed by atoms with E-state index in [-0.39, 0.29) is 6.03 Å². The number of nitrogens with one attached hydrogen (secondary N) is 1. The number of carbonyl (C=O) groups is 2. The number of unbranched alkanes of at least 4 members (excludes halogenated alkanes) is 1. The predicted molar refractivity (Wildman–Crippen MR) is 123 cm³/mol. The molecule has 156 valence electrons. The van der Waals surface area contributed by atoms with Crippen LogP contribution in [0.5, 0.6) is 11.5 Å². The standard InChI is InChI=1S/C24H21N3O3S/c1-3-4-5-6-10-26-24(29)27-16(2)12-17-13-18(7-8-21(17)27)30-22-9-11-25-20-14-19(15-28)31-23(20)22/h7-9,11-15H,3-4,10H2,1-2H3,(H,26,29). The van der Waals surface area contributed by atoms with Crippen LogP contribution in [0.15, 0.2) is 42.6 Å². The van der Waals surface area contributed by atoms with Crippen LogP contribution in [0.1, 0.15) is 35.1 Å². The maximum Gasteiger partial charge on any atom is 0.327 e. The fourth-order valence-corrected chi connectivity index (χ4v) is 4.22. The molecule has 0 atom stereocenters. The first-order valence-electron chi connectivity index (χ1n) is 9.98. The van der Waals surface area contributed by atoms with Gasteiger partial charge in [0.25, 0.3) is 0 Å². The van der Waals surface area contributed by atoms with Gasteiger partial charge in [-0.25, -0.2) is 4.79 Å². The van der Waals surface area contributed by atoms with Crippen LogP contribution < -0.4 is 10.1 Å². The van der Waals surface area contributed by atoms with Gasteiger partial charge >= 0.3 is 6.03 Å². The molecule has 0 fully saturated rings. The summed E-state index contributed by atoms with van der Waals surface area (Å²) >= 11 is 1.35. The number of aldehydes is 1. The Hall–Kier alpha value is -3.63. The Morgan fingerprint density at radius 3 is 2.94 bits per heavy atom. The number of benzene rings is 1. The SMILES string of the molecule is CCCC#CCNC(=O)n1c(C)cc2cc(Oc3ccnc4cc(C=O)sc34)ccc21. The lowest BCUT2D eigenvalue weighted by Gasteiger charge is -2.09. The zero-order valence-electron chi connectivity index (χ0n) is 17.3. The van der Waals surface area contributed by atoms with Crippen molar-refractivity contribution in [3.05, 3.63) is 53.2 Å². The summed E-state index contributed by atoms with van der Waals surface area (Å²) in [6, 6.07) is 10.9. The molecule has 0 unspecified atom stereocenters. The fourth-order valence-electron chi connectivity index (χ4n) is 3.34. The second-order valence-corrected chi connectivity index (χ2v) is 8.08. The Balaban J connectivity index is 1.59. The molecule has 3 heterocycles. The number of aromatic nitrogens is 2. The molecular formula is C24H21N3O3S. The van der Waals surface area contributed by atoms with Gasteiger partial charge < -0.3 is 10.1 Å². The maximum atomic E-state index is 12.6. The number of hydrogen-bond donors (Lipinski definition) is 1. The highest BCUT2D eigenvalue weighted by Gasteiger charge is 2.14. The molecule has 31 heavy (non-hydrogen) atoms. The molecule has 0 spiro atoms. The summed E-state index contributed by atoms with van der Waals surface area (Å²) in [5.41, 5.74) is 2.35. The summed E-state index contributed by atoms with van der Waals surface area (Å²) in [5.74, 6) is 7.27. The topological polar surface area (TPSA) is 73.2 Å². The van der Waals surface area contributed by atoms with Crippen molar-refractivity contribution in [2.45, 2.75) is 26.7 Å². The second-order valence-electron chi connectivity index (χ2n) is 7.00. The molecule has 0 aliphatic rings. The number of pyridine rings is 1. The molecule has 4 rings (SSSR count). The van der Waals surface area contributed by atoms with Crippen molar-refractivity contribution in [1.29, 1.82) is 0 Å². The Morgan fingerprint density at radius 2 is 2.13 bits per heavy atom. The average Bonchev–Trinajstić information content (AvgIpc) is 3.33. The van der Waals surface area contributed by atoms with E-state index in [9.17, 15) is 9.59 Å². The molecule has 3 aromatic heterocycles. The van der Waals surface area contributed by atoms with Crippen LogP contribution >= 0.6 is 11.3 Å². The summed E-state index contributed by atoms with van der Waals surface area (Å²) in [5, 5.41) is 3.74. The number of hydrogen-bond acceptors (Lipinski definition) is 5. The van der Waals surface area contributed by atoms with Gasteiger partial charge in [-0.2, -0.15) is 0 Å². The molecule has 0 aliphatic carbocycles. The summed E-state index contributed by atoms with van der Waals surface area (Å²) in [7, 11) is 0. The third kappa shape index (κ3) is 4.30. The summed E-state index contributed by atoms with van der Waals surface area (Å²) in [6.07, 6.45) is 4.30. The molecule has 0 saturated carbocycles. The van der Waals surface area contributed by atoms with Crippen LogP contribution in [0.4, 0.5) is 4.79 Å². The van der Waals surface area contributed by atoms with E-state index in [0.717, 1.165) is 45.9 Å². The monoisotopic (exact) mass is 431 g/mol. The fraction of sp³-hybridized carbons (Fsp3) is 0.208. The molecule has 1 amide bonds. The summed E-state index contributed by atoms with van der Waals surface area (Å²) in [4.78, 5) is 28.6. The van der Waals surface area contributed by atoms with Gasteiger partial charge in [-0.1, -0.05) is 12.8 Å². The molecule has 0 aliphatic heterocycles. The lowest BCUT2D eigenvalue weighted by molar-refractivity contribution is 0.112. The predicted octanol–water partition coefficient (Wildman–Crippen LogP) is 5.53. The highest BCUT2D eigenvalue weighted by Crippen LogP contribution is 2.35. The Labute approximate surface area is 183 Å². The molecule has 0 saturated heterocycles. The highest BCUT2D eigenvalue weighted by atomic mass is 32.1. The maximum absolute atomic E-state index is 12.6. The number of amides is 1. The van der Waals surface area contributed by atoms with E-state index < -0.39 is 0 Å². The number of thiophene rings is 1. The van der Waals surface area contributed by atoms with Gasteiger partial charge in [-0.05, 0) is 43.7 Å². The van der Waals surface area contributed by atoms with Crippen LogP contribution in [-0.4, -0.2) is 28.4 Å². The highest BCUT2D eigenvalue weighted by molar-refractivity contribution is 7.20.